The van der Waals surface area contributed by atoms with Crippen LogP contribution in [-0.2, 0) is 22.4 Å². The number of carbonyl (C=O) groups excluding carboxylic acids is 2. The molecule has 136 valence electrons. The van der Waals surface area contributed by atoms with E-state index in [1.807, 2.05) is 32.0 Å². The van der Waals surface area contributed by atoms with Crippen LogP contribution in [0.3, 0.4) is 0 Å². The van der Waals surface area contributed by atoms with Gasteiger partial charge in [0.15, 0.2) is 5.13 Å². The molecule has 1 atom stereocenters. The molecule has 0 saturated carbocycles. The highest BCUT2D eigenvalue weighted by molar-refractivity contribution is 7.15. The molecule has 4 rings (SSSR count). The van der Waals surface area contributed by atoms with Gasteiger partial charge in [-0.15, -0.1) is 11.3 Å². The van der Waals surface area contributed by atoms with E-state index >= 15 is 0 Å². The van der Waals surface area contributed by atoms with Crippen molar-refractivity contribution in [3.63, 3.8) is 0 Å². The van der Waals surface area contributed by atoms with Crippen molar-refractivity contribution in [3.8, 4) is 0 Å². The van der Waals surface area contributed by atoms with E-state index < -0.39 is 0 Å². The molecule has 5 nitrogen and oxygen atoms in total. The van der Waals surface area contributed by atoms with Gasteiger partial charge in [-0.3, -0.25) is 9.59 Å². The van der Waals surface area contributed by atoms with Crippen LogP contribution in [0.4, 0.5) is 10.8 Å². The number of aromatic nitrogens is 1. The van der Waals surface area contributed by atoms with Crippen LogP contribution in [0.15, 0.2) is 18.2 Å². The van der Waals surface area contributed by atoms with Gasteiger partial charge >= 0.3 is 0 Å². The summed E-state index contributed by atoms with van der Waals surface area (Å²) in [6, 6.07) is 5.95. The average molecular weight is 369 g/mol. The molecule has 1 N–H and O–H groups in total. The largest absolute Gasteiger partial charge is 0.311 e. The normalized spacial score (nSPS) is 19.5. The second kappa shape index (κ2) is 6.83. The summed E-state index contributed by atoms with van der Waals surface area (Å²) in [6.07, 6.45) is 4.69. The van der Waals surface area contributed by atoms with Crippen molar-refractivity contribution in [2.24, 2.45) is 5.92 Å². The fraction of sp³-hybridized carbons (Fsp3) is 0.450. The molecule has 1 aliphatic heterocycles. The van der Waals surface area contributed by atoms with Crippen molar-refractivity contribution in [2.45, 2.75) is 46.0 Å². The van der Waals surface area contributed by atoms with Gasteiger partial charge in [-0.05, 0) is 56.7 Å². The predicted molar refractivity (Wildman–Crippen MR) is 104 cm³/mol. The van der Waals surface area contributed by atoms with Crippen molar-refractivity contribution in [3.05, 3.63) is 39.9 Å². The first kappa shape index (κ1) is 17.2. The van der Waals surface area contributed by atoms with Gasteiger partial charge in [-0.25, -0.2) is 4.98 Å². The Hall–Kier alpha value is -2.21. The van der Waals surface area contributed by atoms with Crippen LogP contribution in [0.1, 0.15) is 41.0 Å². The summed E-state index contributed by atoms with van der Waals surface area (Å²) in [7, 11) is 0. The SMILES string of the molecule is Cc1cccc(N2CC(C(=O)Nc3nc4c(s3)CCCC4)CC2=O)c1C. The standard InChI is InChI=1S/C20H23N3O2S/c1-12-6-5-8-16(13(12)2)23-11-14(10-18(23)24)19(25)22-20-21-15-7-3-4-9-17(15)26-20/h5-6,8,14H,3-4,7,9-11H2,1-2H3,(H,21,22,25). The molecule has 2 aromatic rings. The third kappa shape index (κ3) is 3.14. The number of benzene rings is 1. The molecular weight excluding hydrogens is 346 g/mol. The first-order chi connectivity index (χ1) is 12.5. The van der Waals surface area contributed by atoms with Crippen LogP contribution >= 0.6 is 11.3 Å². The summed E-state index contributed by atoms with van der Waals surface area (Å²) in [5, 5.41) is 3.63. The van der Waals surface area contributed by atoms with E-state index in [-0.39, 0.29) is 24.2 Å². The van der Waals surface area contributed by atoms with E-state index in [1.165, 1.54) is 17.7 Å². The number of anilines is 2. The molecule has 0 bridgehead atoms. The van der Waals surface area contributed by atoms with Crippen molar-refractivity contribution in [1.29, 1.82) is 0 Å². The van der Waals surface area contributed by atoms with Gasteiger partial charge < -0.3 is 10.2 Å². The molecule has 26 heavy (non-hydrogen) atoms. The van der Waals surface area contributed by atoms with E-state index in [2.05, 4.69) is 10.3 Å². The number of rotatable bonds is 3. The number of nitrogens with one attached hydrogen (secondary N) is 1. The Morgan fingerprint density at radius 1 is 1.27 bits per heavy atom. The highest BCUT2D eigenvalue weighted by Crippen LogP contribution is 2.32. The van der Waals surface area contributed by atoms with Gasteiger partial charge in [-0.1, -0.05) is 12.1 Å². The minimum Gasteiger partial charge on any atom is -0.311 e. The van der Waals surface area contributed by atoms with Gasteiger partial charge in [0.1, 0.15) is 0 Å². The molecule has 2 amide bonds. The molecular formula is C20H23N3O2S. The summed E-state index contributed by atoms with van der Waals surface area (Å²) < 4.78 is 0. The molecule has 1 aromatic carbocycles. The van der Waals surface area contributed by atoms with E-state index in [4.69, 9.17) is 0 Å². The topological polar surface area (TPSA) is 62.3 Å². The number of amides is 2. The van der Waals surface area contributed by atoms with Gasteiger partial charge in [0.2, 0.25) is 11.8 Å². The second-order valence-corrected chi connectivity index (χ2v) is 8.29. The Bertz CT molecular complexity index is 850. The zero-order valence-corrected chi connectivity index (χ0v) is 16.0. The molecule has 6 heteroatoms. The number of hydrogen-bond donors (Lipinski definition) is 1. The number of thiazole rings is 1. The summed E-state index contributed by atoms with van der Waals surface area (Å²) in [5.74, 6) is -0.419. The number of carbonyl (C=O) groups is 2. The zero-order valence-electron chi connectivity index (χ0n) is 15.2. The lowest BCUT2D eigenvalue weighted by atomic mass is 10.0. The zero-order chi connectivity index (χ0) is 18.3. The molecule has 1 fully saturated rings. The van der Waals surface area contributed by atoms with Gasteiger partial charge in [0.05, 0.1) is 11.6 Å². The van der Waals surface area contributed by atoms with Crippen LogP contribution in [0, 0.1) is 19.8 Å². The first-order valence-corrected chi connectivity index (χ1v) is 10.0. The maximum Gasteiger partial charge on any atom is 0.231 e. The molecule has 2 heterocycles. The number of aryl methyl sites for hydroxylation is 3. The lowest BCUT2D eigenvalue weighted by Crippen LogP contribution is -2.28. The number of fused-ring (bicyclic) bond motifs is 1. The van der Waals surface area contributed by atoms with Crippen molar-refractivity contribution in [2.75, 3.05) is 16.8 Å². The van der Waals surface area contributed by atoms with E-state index in [0.717, 1.165) is 35.3 Å². The molecule has 2 aliphatic rings. The van der Waals surface area contributed by atoms with E-state index in [9.17, 15) is 9.59 Å². The summed E-state index contributed by atoms with van der Waals surface area (Å²) in [6.45, 7) is 4.49. The first-order valence-electron chi connectivity index (χ1n) is 9.19. The molecule has 1 aliphatic carbocycles. The number of hydrogen-bond acceptors (Lipinski definition) is 4. The minimum atomic E-state index is -0.330. The van der Waals surface area contributed by atoms with Crippen molar-refractivity contribution >= 4 is 34.0 Å². The average Bonchev–Trinajstić information content (AvgIpc) is 3.20. The molecule has 1 saturated heterocycles. The second-order valence-electron chi connectivity index (χ2n) is 7.21. The number of nitrogens with zero attached hydrogens (tertiary/aromatic N) is 2. The summed E-state index contributed by atoms with van der Waals surface area (Å²) >= 11 is 1.58. The Morgan fingerprint density at radius 2 is 2.08 bits per heavy atom. The summed E-state index contributed by atoms with van der Waals surface area (Å²) in [5.41, 5.74) is 4.29. The maximum atomic E-state index is 12.7. The quantitative estimate of drug-likeness (QED) is 0.899. The maximum absolute atomic E-state index is 12.7. The van der Waals surface area contributed by atoms with Gasteiger partial charge in [-0.2, -0.15) is 0 Å². The van der Waals surface area contributed by atoms with E-state index in [1.54, 1.807) is 16.2 Å². The third-order valence-electron chi connectivity index (χ3n) is 5.44. The smallest absolute Gasteiger partial charge is 0.231 e. The van der Waals surface area contributed by atoms with Gasteiger partial charge in [0, 0.05) is 23.5 Å². The molecule has 1 unspecified atom stereocenters. The van der Waals surface area contributed by atoms with Crippen molar-refractivity contribution < 1.29 is 9.59 Å². The fourth-order valence-corrected chi connectivity index (χ4v) is 4.81. The van der Waals surface area contributed by atoms with Crippen LogP contribution < -0.4 is 10.2 Å². The van der Waals surface area contributed by atoms with Crippen LogP contribution in [0.25, 0.3) is 0 Å². The Balaban J connectivity index is 1.47. The Kier molecular flexibility index (Phi) is 4.53. The summed E-state index contributed by atoms with van der Waals surface area (Å²) in [4.78, 5) is 32.8. The lowest BCUT2D eigenvalue weighted by Gasteiger charge is -2.20. The Morgan fingerprint density at radius 3 is 2.88 bits per heavy atom. The van der Waals surface area contributed by atoms with E-state index in [0.29, 0.717) is 11.7 Å². The third-order valence-corrected chi connectivity index (χ3v) is 6.51. The van der Waals surface area contributed by atoms with Crippen LogP contribution in [0.5, 0.6) is 0 Å². The predicted octanol–water partition coefficient (Wildman–Crippen LogP) is 3.63. The highest BCUT2D eigenvalue weighted by Gasteiger charge is 2.36. The molecule has 1 aromatic heterocycles. The molecule has 0 radical (unpaired) electrons. The molecule has 0 spiro atoms. The van der Waals surface area contributed by atoms with Crippen LogP contribution in [-0.4, -0.2) is 23.3 Å². The van der Waals surface area contributed by atoms with Crippen molar-refractivity contribution in [1.82, 2.24) is 4.98 Å². The minimum absolute atomic E-state index is 0.0114. The monoisotopic (exact) mass is 369 g/mol. The highest BCUT2D eigenvalue weighted by atomic mass is 32.1. The lowest BCUT2D eigenvalue weighted by molar-refractivity contribution is -0.122. The Labute approximate surface area is 157 Å². The van der Waals surface area contributed by atoms with Crippen LogP contribution in [0.2, 0.25) is 0 Å². The van der Waals surface area contributed by atoms with Gasteiger partial charge in [0.25, 0.3) is 0 Å². The fourth-order valence-electron chi connectivity index (χ4n) is 3.76.